The van der Waals surface area contributed by atoms with Crippen LogP contribution >= 0.6 is 34.8 Å². The second kappa shape index (κ2) is 3.48. The fourth-order valence-corrected chi connectivity index (χ4v) is 1.48. The fourth-order valence-electron chi connectivity index (χ4n) is 0.885. The Morgan fingerprint density at radius 2 is 2.00 bits per heavy atom. The van der Waals surface area contributed by atoms with Gasteiger partial charge in [0.15, 0.2) is 9.90 Å². The molecule has 0 N–H and O–H groups in total. The lowest BCUT2D eigenvalue weighted by Crippen LogP contribution is -2.26. The smallest absolute Gasteiger partial charge is 0.163 e. The van der Waals surface area contributed by atoms with Crippen molar-refractivity contribution < 1.29 is 4.74 Å². The first kappa shape index (κ1) is 8.92. The SMILES string of the molecule is ClC1OCCCCC1(Cl)Cl. The van der Waals surface area contributed by atoms with Gasteiger partial charge in [-0.2, -0.15) is 0 Å². The van der Waals surface area contributed by atoms with Crippen LogP contribution in [-0.4, -0.2) is 16.5 Å². The molecule has 0 spiro atoms. The van der Waals surface area contributed by atoms with Crippen LogP contribution < -0.4 is 0 Å². The molecule has 0 aliphatic carbocycles. The summed E-state index contributed by atoms with van der Waals surface area (Å²) in [5, 5.41) is 0. The first-order chi connectivity index (χ1) is 4.63. The van der Waals surface area contributed by atoms with Gasteiger partial charge in [0, 0.05) is 6.61 Å². The molecule has 10 heavy (non-hydrogen) atoms. The fraction of sp³-hybridized carbons (Fsp3) is 1.00. The number of alkyl halides is 3. The van der Waals surface area contributed by atoms with Gasteiger partial charge >= 0.3 is 0 Å². The Morgan fingerprint density at radius 3 is 2.70 bits per heavy atom. The van der Waals surface area contributed by atoms with Gasteiger partial charge in [0.2, 0.25) is 0 Å². The van der Waals surface area contributed by atoms with Gasteiger partial charge in [0.1, 0.15) is 0 Å². The van der Waals surface area contributed by atoms with Crippen molar-refractivity contribution in [1.82, 2.24) is 0 Å². The normalized spacial score (nSPS) is 33.3. The minimum absolute atomic E-state index is 0.557. The third-order valence-electron chi connectivity index (χ3n) is 1.50. The van der Waals surface area contributed by atoms with E-state index in [1.165, 1.54) is 0 Å². The predicted octanol–water partition coefficient (Wildman–Crippen LogP) is 2.93. The molecule has 1 fully saturated rings. The van der Waals surface area contributed by atoms with Crippen molar-refractivity contribution >= 4 is 34.8 Å². The molecule has 1 heterocycles. The van der Waals surface area contributed by atoms with Crippen molar-refractivity contribution in [2.45, 2.75) is 29.2 Å². The minimum atomic E-state index is -0.891. The van der Waals surface area contributed by atoms with E-state index in [9.17, 15) is 0 Å². The largest absolute Gasteiger partial charge is 0.359 e. The van der Waals surface area contributed by atoms with Gasteiger partial charge in [0.25, 0.3) is 0 Å². The molecule has 0 aromatic rings. The average molecular weight is 203 g/mol. The molecule has 1 atom stereocenters. The Bertz CT molecular complexity index is 116. The summed E-state index contributed by atoms with van der Waals surface area (Å²) in [6.45, 7) is 0.662. The van der Waals surface area contributed by atoms with Crippen LogP contribution in [0, 0.1) is 0 Å². The molecule has 0 amide bonds. The quantitative estimate of drug-likeness (QED) is 0.550. The first-order valence-corrected chi connectivity index (χ1v) is 4.46. The van der Waals surface area contributed by atoms with Crippen LogP contribution in [-0.2, 0) is 4.74 Å². The van der Waals surface area contributed by atoms with Crippen LogP contribution in [0.3, 0.4) is 0 Å². The van der Waals surface area contributed by atoms with E-state index in [-0.39, 0.29) is 0 Å². The maximum atomic E-state index is 5.84. The van der Waals surface area contributed by atoms with Crippen LogP contribution in [0.5, 0.6) is 0 Å². The van der Waals surface area contributed by atoms with Crippen LogP contribution in [0.25, 0.3) is 0 Å². The molecule has 1 saturated heterocycles. The van der Waals surface area contributed by atoms with Gasteiger partial charge in [0.05, 0.1) is 0 Å². The third-order valence-corrected chi connectivity index (χ3v) is 3.00. The zero-order valence-corrected chi connectivity index (χ0v) is 7.72. The first-order valence-electron chi connectivity index (χ1n) is 3.26. The van der Waals surface area contributed by atoms with Crippen molar-refractivity contribution in [3.63, 3.8) is 0 Å². The molecule has 0 aromatic carbocycles. The van der Waals surface area contributed by atoms with E-state index in [1.54, 1.807) is 0 Å². The Kier molecular flexibility index (Phi) is 3.11. The number of hydrogen-bond donors (Lipinski definition) is 0. The van der Waals surface area contributed by atoms with Gasteiger partial charge in [-0.15, -0.1) is 0 Å². The molecule has 4 heteroatoms. The van der Waals surface area contributed by atoms with Crippen molar-refractivity contribution in [3.8, 4) is 0 Å². The van der Waals surface area contributed by atoms with Gasteiger partial charge in [-0.1, -0.05) is 34.8 Å². The second-order valence-electron chi connectivity index (χ2n) is 2.40. The molecule has 0 saturated carbocycles. The topological polar surface area (TPSA) is 9.23 Å². The van der Waals surface area contributed by atoms with Crippen molar-refractivity contribution in [3.05, 3.63) is 0 Å². The highest BCUT2D eigenvalue weighted by Gasteiger charge is 2.35. The van der Waals surface area contributed by atoms with Gasteiger partial charge < -0.3 is 4.74 Å². The lowest BCUT2D eigenvalue weighted by molar-refractivity contribution is 0.109. The van der Waals surface area contributed by atoms with Gasteiger partial charge in [-0.05, 0) is 19.3 Å². The summed E-state index contributed by atoms with van der Waals surface area (Å²) in [6.07, 6.45) is 2.69. The highest BCUT2D eigenvalue weighted by atomic mass is 35.5. The van der Waals surface area contributed by atoms with Crippen LogP contribution in [0.2, 0.25) is 0 Å². The van der Waals surface area contributed by atoms with Crippen molar-refractivity contribution in [2.75, 3.05) is 6.61 Å². The average Bonchev–Trinajstić information content (AvgIpc) is 1.96. The molecule has 1 nitrogen and oxygen atoms in total. The predicted molar refractivity (Wildman–Crippen MR) is 43.9 cm³/mol. The molecule has 1 unspecified atom stereocenters. The Balaban J connectivity index is 2.52. The third kappa shape index (κ3) is 2.16. The summed E-state index contributed by atoms with van der Waals surface area (Å²) in [7, 11) is 0. The molecule has 1 aliphatic heterocycles. The number of hydrogen-bond acceptors (Lipinski definition) is 1. The molecular weight excluding hydrogens is 194 g/mol. The lowest BCUT2D eigenvalue weighted by Gasteiger charge is -2.21. The maximum Gasteiger partial charge on any atom is 0.163 e. The van der Waals surface area contributed by atoms with Crippen LogP contribution in [0.1, 0.15) is 19.3 Å². The molecule has 0 bridgehead atoms. The van der Waals surface area contributed by atoms with E-state index in [0.717, 1.165) is 12.8 Å². The number of rotatable bonds is 0. The summed E-state index contributed by atoms with van der Waals surface area (Å²) in [5.41, 5.74) is -0.557. The monoisotopic (exact) mass is 202 g/mol. The molecule has 0 aromatic heterocycles. The Morgan fingerprint density at radius 1 is 1.30 bits per heavy atom. The van der Waals surface area contributed by atoms with E-state index in [0.29, 0.717) is 13.0 Å². The number of ether oxygens (including phenoxy) is 1. The highest BCUT2D eigenvalue weighted by molar-refractivity contribution is 6.52. The standard InChI is InChI=1S/C6H9Cl3O/c7-5-6(8,9)3-1-2-4-10-5/h5H,1-4H2. The van der Waals surface area contributed by atoms with Crippen molar-refractivity contribution in [1.29, 1.82) is 0 Å². The van der Waals surface area contributed by atoms with E-state index < -0.39 is 9.90 Å². The molecule has 0 radical (unpaired) electrons. The number of halogens is 3. The summed E-state index contributed by atoms with van der Waals surface area (Å²) in [6, 6.07) is 0. The van der Waals surface area contributed by atoms with E-state index in [2.05, 4.69) is 0 Å². The second-order valence-corrected chi connectivity index (χ2v) is 4.34. The summed E-state index contributed by atoms with van der Waals surface area (Å²) < 4.78 is 4.23. The summed E-state index contributed by atoms with van der Waals surface area (Å²) in [5.74, 6) is 0. The van der Waals surface area contributed by atoms with Crippen LogP contribution in [0.4, 0.5) is 0 Å². The highest BCUT2D eigenvalue weighted by Crippen LogP contribution is 2.37. The van der Waals surface area contributed by atoms with Gasteiger partial charge in [-0.25, -0.2) is 0 Å². The van der Waals surface area contributed by atoms with Crippen molar-refractivity contribution in [2.24, 2.45) is 0 Å². The lowest BCUT2D eigenvalue weighted by atomic mass is 10.2. The van der Waals surface area contributed by atoms with E-state index in [4.69, 9.17) is 39.5 Å². The maximum absolute atomic E-state index is 5.84. The van der Waals surface area contributed by atoms with Gasteiger partial charge in [-0.3, -0.25) is 0 Å². The summed E-state index contributed by atoms with van der Waals surface area (Å²) in [4.78, 5) is 0. The molecule has 1 aliphatic rings. The Labute approximate surface area is 75.6 Å². The Hall–Kier alpha value is 0.830. The zero-order valence-electron chi connectivity index (χ0n) is 5.45. The van der Waals surface area contributed by atoms with E-state index >= 15 is 0 Å². The minimum Gasteiger partial charge on any atom is -0.359 e. The molecule has 60 valence electrons. The molecular formula is C6H9Cl3O. The van der Waals surface area contributed by atoms with Crippen LogP contribution in [0.15, 0.2) is 0 Å². The van der Waals surface area contributed by atoms with E-state index in [1.807, 2.05) is 0 Å². The zero-order chi connectivity index (χ0) is 7.61. The summed E-state index contributed by atoms with van der Waals surface area (Å²) >= 11 is 17.4. The molecule has 1 rings (SSSR count).